The number of hydrogen-bond donors (Lipinski definition) is 1. The normalized spacial score (nSPS) is 10.1. The van der Waals surface area contributed by atoms with Gasteiger partial charge in [0, 0.05) is 12.6 Å². The van der Waals surface area contributed by atoms with Crippen molar-refractivity contribution in [2.45, 2.75) is 0 Å². The second-order valence-corrected chi connectivity index (χ2v) is 2.94. The largest absolute Gasteiger partial charge is 0.465 e. The Morgan fingerprint density at radius 2 is 2.25 bits per heavy atom. The predicted octanol–water partition coefficient (Wildman–Crippen LogP) is 2.06. The predicted molar refractivity (Wildman–Crippen MR) is 61.3 cm³/mol. The van der Waals surface area contributed by atoms with Gasteiger partial charge in [0.15, 0.2) is 0 Å². The van der Waals surface area contributed by atoms with Crippen LogP contribution in [0.1, 0.15) is 15.9 Å². The highest BCUT2D eigenvalue weighted by atomic mass is 16.5. The Balaban J connectivity index is 3.31. The maximum absolute atomic E-state index is 11.4. The second kappa shape index (κ2) is 5.65. The minimum atomic E-state index is -0.499. The van der Waals surface area contributed by atoms with E-state index < -0.39 is 5.97 Å². The number of ether oxygens (including phenoxy) is 1. The van der Waals surface area contributed by atoms with Crippen molar-refractivity contribution in [1.82, 2.24) is 5.32 Å². The number of benzene rings is 1. The van der Waals surface area contributed by atoms with Crippen LogP contribution in [0.4, 0.5) is 5.69 Å². The molecule has 16 heavy (non-hydrogen) atoms. The number of methoxy groups -OCH3 is 1. The smallest absolute Gasteiger partial charge is 0.338 e. The molecule has 0 amide bonds. The first-order chi connectivity index (χ1) is 7.74. The number of carbonyl (C=O) groups excluding carboxylic acids is 1. The Morgan fingerprint density at radius 1 is 1.50 bits per heavy atom. The lowest BCUT2D eigenvalue weighted by atomic mass is 10.1. The molecule has 1 rings (SSSR count). The lowest BCUT2D eigenvalue weighted by Crippen LogP contribution is -2.04. The van der Waals surface area contributed by atoms with Crippen molar-refractivity contribution in [3.63, 3.8) is 0 Å². The minimum absolute atomic E-state index is 0.203. The van der Waals surface area contributed by atoms with Gasteiger partial charge in [-0.15, -0.1) is 4.91 Å². The van der Waals surface area contributed by atoms with E-state index in [0.29, 0.717) is 11.1 Å². The highest BCUT2D eigenvalue weighted by Crippen LogP contribution is 2.24. The van der Waals surface area contributed by atoms with Gasteiger partial charge in [0.05, 0.1) is 12.7 Å². The lowest BCUT2D eigenvalue weighted by molar-refractivity contribution is 0.0600. The van der Waals surface area contributed by atoms with Crippen LogP contribution >= 0.6 is 0 Å². The fraction of sp³-hybridized carbons (Fsp3) is 0.182. The van der Waals surface area contributed by atoms with Gasteiger partial charge in [-0.05, 0) is 29.6 Å². The van der Waals surface area contributed by atoms with Crippen LogP contribution < -0.4 is 5.32 Å². The Hall–Kier alpha value is -2.17. The zero-order chi connectivity index (χ0) is 12.0. The van der Waals surface area contributed by atoms with Gasteiger partial charge in [0.2, 0.25) is 0 Å². The van der Waals surface area contributed by atoms with E-state index in [-0.39, 0.29) is 5.69 Å². The summed E-state index contributed by atoms with van der Waals surface area (Å²) in [6.07, 6.45) is 3.21. The maximum Gasteiger partial charge on any atom is 0.338 e. The summed E-state index contributed by atoms with van der Waals surface area (Å²) in [6.45, 7) is 0. The zero-order valence-electron chi connectivity index (χ0n) is 9.06. The van der Waals surface area contributed by atoms with E-state index in [1.54, 1.807) is 31.5 Å². The topological polar surface area (TPSA) is 67.8 Å². The molecule has 5 heteroatoms. The Kier molecular flexibility index (Phi) is 4.20. The molecule has 0 radical (unpaired) electrons. The third kappa shape index (κ3) is 2.44. The van der Waals surface area contributed by atoms with Gasteiger partial charge >= 0.3 is 5.97 Å². The first-order valence-corrected chi connectivity index (χ1v) is 4.63. The van der Waals surface area contributed by atoms with Crippen LogP contribution in [0.25, 0.3) is 6.08 Å². The van der Waals surface area contributed by atoms with Gasteiger partial charge in [0.1, 0.15) is 5.69 Å². The van der Waals surface area contributed by atoms with Crippen molar-refractivity contribution < 1.29 is 9.53 Å². The average Bonchev–Trinajstić information content (AvgIpc) is 2.34. The molecule has 0 saturated carbocycles. The zero-order valence-corrected chi connectivity index (χ0v) is 9.06. The summed E-state index contributed by atoms with van der Waals surface area (Å²) in [5.41, 5.74) is 0.958. The maximum atomic E-state index is 11.4. The third-order valence-corrected chi connectivity index (χ3v) is 2.00. The van der Waals surface area contributed by atoms with Gasteiger partial charge in [-0.1, -0.05) is 6.07 Å². The standard InChI is InChI=1S/C11H12N2O3/c1-12-7-6-8-9(11(14)16-2)4-3-5-10(8)13-15/h3-7,12H,1-2H3/b7-6+. The Bertz CT molecular complexity index is 427. The van der Waals surface area contributed by atoms with Crippen LogP contribution in [0.3, 0.4) is 0 Å². The fourth-order valence-corrected chi connectivity index (χ4v) is 1.26. The molecule has 1 N–H and O–H groups in total. The molecule has 0 spiro atoms. The molecular weight excluding hydrogens is 208 g/mol. The van der Waals surface area contributed by atoms with Gasteiger partial charge in [-0.2, -0.15) is 0 Å². The minimum Gasteiger partial charge on any atom is -0.465 e. The van der Waals surface area contributed by atoms with Crippen molar-refractivity contribution in [3.8, 4) is 0 Å². The monoisotopic (exact) mass is 220 g/mol. The Morgan fingerprint density at radius 3 is 2.81 bits per heavy atom. The Labute approximate surface area is 93.1 Å². The number of esters is 1. The summed E-state index contributed by atoms with van der Waals surface area (Å²) in [5.74, 6) is -0.499. The molecule has 0 saturated heterocycles. The van der Waals surface area contributed by atoms with Crippen molar-refractivity contribution in [1.29, 1.82) is 0 Å². The van der Waals surface area contributed by atoms with Crippen LogP contribution in [0.15, 0.2) is 29.6 Å². The van der Waals surface area contributed by atoms with Crippen LogP contribution in [-0.4, -0.2) is 20.1 Å². The van der Waals surface area contributed by atoms with E-state index in [4.69, 9.17) is 0 Å². The molecule has 1 aromatic carbocycles. The summed E-state index contributed by atoms with van der Waals surface area (Å²) >= 11 is 0. The molecule has 0 aromatic heterocycles. The summed E-state index contributed by atoms with van der Waals surface area (Å²) in [7, 11) is 3.00. The van der Waals surface area contributed by atoms with E-state index in [0.717, 1.165) is 0 Å². The molecule has 0 bridgehead atoms. The van der Waals surface area contributed by atoms with Crippen LogP contribution in [0, 0.1) is 4.91 Å². The van der Waals surface area contributed by atoms with E-state index in [9.17, 15) is 9.70 Å². The van der Waals surface area contributed by atoms with E-state index in [1.165, 1.54) is 13.2 Å². The summed E-state index contributed by atoms with van der Waals surface area (Å²) in [5, 5.41) is 5.64. The van der Waals surface area contributed by atoms with Crippen molar-refractivity contribution in [2.75, 3.05) is 14.2 Å². The van der Waals surface area contributed by atoms with Crippen LogP contribution in [-0.2, 0) is 4.74 Å². The highest BCUT2D eigenvalue weighted by molar-refractivity contribution is 5.95. The van der Waals surface area contributed by atoms with E-state index >= 15 is 0 Å². The number of nitrogens with zero attached hydrogens (tertiary/aromatic N) is 1. The summed E-state index contributed by atoms with van der Waals surface area (Å²) < 4.78 is 4.62. The number of nitroso groups, excluding NO2 is 1. The molecule has 1 aromatic rings. The molecule has 0 heterocycles. The molecule has 0 unspecified atom stereocenters. The van der Waals surface area contributed by atoms with Gasteiger partial charge in [0.25, 0.3) is 0 Å². The molecule has 0 atom stereocenters. The quantitative estimate of drug-likeness (QED) is 0.623. The first-order valence-electron chi connectivity index (χ1n) is 4.63. The van der Waals surface area contributed by atoms with Crippen LogP contribution in [0.5, 0.6) is 0 Å². The molecule has 84 valence electrons. The summed E-state index contributed by atoms with van der Waals surface area (Å²) in [6, 6.07) is 4.70. The van der Waals surface area contributed by atoms with Gasteiger partial charge in [-0.3, -0.25) is 0 Å². The first kappa shape index (κ1) is 11.9. The van der Waals surface area contributed by atoms with Crippen molar-refractivity contribution in [3.05, 3.63) is 40.4 Å². The highest BCUT2D eigenvalue weighted by Gasteiger charge is 2.13. The number of nitrogens with one attached hydrogen (secondary N) is 1. The van der Waals surface area contributed by atoms with Crippen LogP contribution in [0.2, 0.25) is 0 Å². The molecule has 0 aliphatic heterocycles. The number of rotatable bonds is 4. The fourth-order valence-electron chi connectivity index (χ4n) is 1.26. The SMILES string of the molecule is CN/C=C/c1c(N=O)cccc1C(=O)OC. The van der Waals surface area contributed by atoms with Crippen molar-refractivity contribution in [2.24, 2.45) is 5.18 Å². The second-order valence-electron chi connectivity index (χ2n) is 2.94. The number of hydrogen-bond acceptors (Lipinski definition) is 5. The van der Waals surface area contributed by atoms with Crippen molar-refractivity contribution >= 4 is 17.7 Å². The molecular formula is C11H12N2O3. The third-order valence-electron chi connectivity index (χ3n) is 2.00. The number of carbonyl (C=O) groups is 1. The molecule has 0 aliphatic carbocycles. The molecule has 0 aliphatic rings. The molecule has 5 nitrogen and oxygen atoms in total. The lowest BCUT2D eigenvalue weighted by Gasteiger charge is -2.05. The van der Waals surface area contributed by atoms with Gasteiger partial charge < -0.3 is 10.1 Å². The van der Waals surface area contributed by atoms with Gasteiger partial charge in [-0.25, -0.2) is 4.79 Å². The average molecular weight is 220 g/mol. The molecule has 0 fully saturated rings. The summed E-state index contributed by atoms with van der Waals surface area (Å²) in [4.78, 5) is 22.0. The van der Waals surface area contributed by atoms with E-state index in [1.807, 2.05) is 0 Å². The van der Waals surface area contributed by atoms with E-state index in [2.05, 4.69) is 15.2 Å².